The number of hydrogen-bond donors (Lipinski definition) is 1. The van der Waals surface area contributed by atoms with Crippen LogP contribution in [-0.2, 0) is 9.47 Å². The Morgan fingerprint density at radius 1 is 1.12 bits per heavy atom. The third-order valence-electron chi connectivity index (χ3n) is 6.84. The Balaban J connectivity index is 1.69. The molecular formula is C32H40FN5O5. The van der Waals surface area contributed by atoms with E-state index in [2.05, 4.69) is 15.0 Å². The van der Waals surface area contributed by atoms with Crippen LogP contribution in [0.25, 0.3) is 22.3 Å². The SMILES string of the molecule is C/C(=C/CN(C)C(=O)OC(C)(C)C)CC1CN(C(=O)OC(C)(C)C)C(=O)c2cc(-c3cccc4nc(C)c(F)nc34)[nH]c21. The summed E-state index contributed by atoms with van der Waals surface area (Å²) < 4.78 is 25.4. The maximum Gasteiger partial charge on any atom is 0.417 e. The molecule has 0 saturated heterocycles. The van der Waals surface area contributed by atoms with Crippen molar-refractivity contribution in [2.75, 3.05) is 20.1 Å². The highest BCUT2D eigenvalue weighted by atomic mass is 19.1. The number of imide groups is 1. The number of carbonyl (C=O) groups excluding carboxylic acids is 3. The molecule has 11 heteroatoms. The fourth-order valence-electron chi connectivity index (χ4n) is 4.84. The number of hydrogen-bond acceptors (Lipinski definition) is 7. The number of allylic oxidation sites excluding steroid dienone is 1. The van der Waals surface area contributed by atoms with Crippen LogP contribution < -0.4 is 0 Å². The number of carbonyl (C=O) groups is 3. The standard InChI is InChI=1S/C32H40FN5O5/c1-18(13-14-37(9)29(40)42-31(3,4)5)15-20-17-38(30(41)43-32(6,7)8)28(39)22-16-24(35-25(20)22)21-11-10-12-23-26(21)36-27(33)19(2)34-23/h10-13,16,20,35H,14-15,17H2,1-9H3/b18-13-. The van der Waals surface area contributed by atoms with Crippen LogP contribution in [0.5, 0.6) is 0 Å². The van der Waals surface area contributed by atoms with E-state index in [-0.39, 0.29) is 18.2 Å². The molecule has 0 spiro atoms. The number of para-hydroxylation sites is 1. The highest BCUT2D eigenvalue weighted by Crippen LogP contribution is 2.37. The molecule has 1 atom stereocenters. The number of likely N-dealkylation sites (N-methyl/N-ethyl adjacent to an activating group) is 1. The Hall–Kier alpha value is -4.28. The van der Waals surface area contributed by atoms with Crippen LogP contribution in [0.2, 0.25) is 0 Å². The second-order valence-corrected chi connectivity index (χ2v) is 13.0. The number of fused-ring (bicyclic) bond motifs is 2. The predicted octanol–water partition coefficient (Wildman–Crippen LogP) is 6.75. The van der Waals surface area contributed by atoms with Gasteiger partial charge in [0.15, 0.2) is 0 Å². The number of halogens is 1. The number of H-pyrrole nitrogens is 1. The fourth-order valence-corrected chi connectivity index (χ4v) is 4.84. The quantitative estimate of drug-likeness (QED) is 0.325. The average Bonchev–Trinajstić information content (AvgIpc) is 3.33. The molecule has 1 aliphatic heterocycles. The van der Waals surface area contributed by atoms with E-state index in [1.54, 1.807) is 59.0 Å². The second kappa shape index (κ2) is 11.8. The van der Waals surface area contributed by atoms with E-state index in [9.17, 15) is 18.8 Å². The molecule has 3 amide bonds. The molecule has 4 rings (SSSR count). The third kappa shape index (κ3) is 7.39. The summed E-state index contributed by atoms with van der Waals surface area (Å²) in [6.45, 7) is 14.6. The molecule has 0 bridgehead atoms. The van der Waals surface area contributed by atoms with Gasteiger partial charge < -0.3 is 19.4 Å². The van der Waals surface area contributed by atoms with E-state index in [0.29, 0.717) is 46.5 Å². The van der Waals surface area contributed by atoms with Crippen molar-refractivity contribution in [1.82, 2.24) is 24.8 Å². The zero-order valence-corrected chi connectivity index (χ0v) is 26.3. The lowest BCUT2D eigenvalue weighted by Crippen LogP contribution is -2.46. The first-order chi connectivity index (χ1) is 19.9. The molecule has 1 aromatic carbocycles. The van der Waals surface area contributed by atoms with Gasteiger partial charge in [0.2, 0.25) is 5.95 Å². The number of rotatable bonds is 5. The monoisotopic (exact) mass is 593 g/mol. The number of aromatic amines is 1. The van der Waals surface area contributed by atoms with Crippen LogP contribution in [0.1, 0.15) is 82.6 Å². The molecule has 10 nitrogen and oxygen atoms in total. The lowest BCUT2D eigenvalue weighted by molar-refractivity contribution is 0.0215. The van der Waals surface area contributed by atoms with E-state index < -0.39 is 35.2 Å². The summed E-state index contributed by atoms with van der Waals surface area (Å²) >= 11 is 0. The number of amides is 3. The molecule has 3 heterocycles. The highest BCUT2D eigenvalue weighted by Gasteiger charge is 2.39. The van der Waals surface area contributed by atoms with Gasteiger partial charge in [0.05, 0.1) is 16.8 Å². The van der Waals surface area contributed by atoms with Crippen molar-refractivity contribution in [1.29, 1.82) is 0 Å². The van der Waals surface area contributed by atoms with Crippen molar-refractivity contribution in [2.45, 2.75) is 78.9 Å². The Labute approximate surface area is 251 Å². The van der Waals surface area contributed by atoms with Gasteiger partial charge in [-0.05, 0) is 73.9 Å². The zero-order chi connectivity index (χ0) is 31.9. The molecule has 0 aliphatic carbocycles. The Kier molecular flexibility index (Phi) is 8.67. The van der Waals surface area contributed by atoms with E-state index in [1.807, 2.05) is 33.8 Å². The van der Waals surface area contributed by atoms with E-state index >= 15 is 0 Å². The summed E-state index contributed by atoms with van der Waals surface area (Å²) in [4.78, 5) is 53.6. The summed E-state index contributed by atoms with van der Waals surface area (Å²) in [7, 11) is 1.66. The summed E-state index contributed by atoms with van der Waals surface area (Å²) in [5.74, 6) is -1.45. The highest BCUT2D eigenvalue weighted by molar-refractivity contribution is 6.06. The molecule has 1 aliphatic rings. The second-order valence-electron chi connectivity index (χ2n) is 13.0. The van der Waals surface area contributed by atoms with Crippen molar-refractivity contribution in [3.05, 3.63) is 58.8 Å². The smallest absolute Gasteiger partial charge is 0.417 e. The van der Waals surface area contributed by atoms with Crippen molar-refractivity contribution >= 4 is 29.1 Å². The summed E-state index contributed by atoms with van der Waals surface area (Å²) in [5.41, 5.74) is 2.76. The molecule has 230 valence electrons. The molecule has 1 N–H and O–H groups in total. The minimum absolute atomic E-state index is 0.0942. The summed E-state index contributed by atoms with van der Waals surface area (Å²) in [5, 5.41) is 0. The maximum atomic E-state index is 14.4. The number of aromatic nitrogens is 3. The number of ether oxygens (including phenoxy) is 2. The van der Waals surface area contributed by atoms with E-state index in [0.717, 1.165) is 10.5 Å². The van der Waals surface area contributed by atoms with Gasteiger partial charge in [-0.25, -0.2) is 24.5 Å². The average molecular weight is 594 g/mol. The van der Waals surface area contributed by atoms with Crippen LogP contribution in [0.3, 0.4) is 0 Å². The zero-order valence-electron chi connectivity index (χ0n) is 26.3. The number of nitrogens with one attached hydrogen (secondary N) is 1. The van der Waals surface area contributed by atoms with Gasteiger partial charge in [-0.3, -0.25) is 4.79 Å². The van der Waals surface area contributed by atoms with Gasteiger partial charge in [0.25, 0.3) is 5.91 Å². The van der Waals surface area contributed by atoms with Gasteiger partial charge in [-0.2, -0.15) is 4.39 Å². The molecule has 1 unspecified atom stereocenters. The minimum Gasteiger partial charge on any atom is -0.444 e. The molecular weight excluding hydrogens is 553 g/mol. The van der Waals surface area contributed by atoms with Crippen molar-refractivity contribution in [3.63, 3.8) is 0 Å². The molecule has 43 heavy (non-hydrogen) atoms. The van der Waals surface area contributed by atoms with Crippen molar-refractivity contribution in [3.8, 4) is 11.3 Å². The van der Waals surface area contributed by atoms with Crippen LogP contribution >= 0.6 is 0 Å². The number of aryl methyl sites for hydroxylation is 1. The normalized spacial score (nSPS) is 15.9. The first kappa shape index (κ1) is 31.7. The van der Waals surface area contributed by atoms with Crippen LogP contribution in [0, 0.1) is 12.9 Å². The number of nitrogens with zero attached hydrogens (tertiary/aromatic N) is 4. The van der Waals surface area contributed by atoms with E-state index in [1.165, 1.54) is 4.90 Å². The largest absolute Gasteiger partial charge is 0.444 e. The molecule has 3 aromatic rings. The topological polar surface area (TPSA) is 118 Å². The molecule has 2 aromatic heterocycles. The number of benzene rings is 1. The van der Waals surface area contributed by atoms with Crippen LogP contribution in [0.15, 0.2) is 35.9 Å². The Bertz CT molecular complexity index is 1600. The third-order valence-corrected chi connectivity index (χ3v) is 6.84. The molecule has 0 saturated carbocycles. The lowest BCUT2D eigenvalue weighted by Gasteiger charge is -2.33. The Morgan fingerprint density at radius 3 is 2.44 bits per heavy atom. The van der Waals surface area contributed by atoms with Gasteiger partial charge in [-0.15, -0.1) is 0 Å². The maximum absolute atomic E-state index is 14.4. The predicted molar refractivity (Wildman–Crippen MR) is 161 cm³/mol. The van der Waals surface area contributed by atoms with Gasteiger partial charge in [-0.1, -0.05) is 23.8 Å². The lowest BCUT2D eigenvalue weighted by atomic mass is 9.90. The Morgan fingerprint density at radius 2 is 1.79 bits per heavy atom. The van der Waals surface area contributed by atoms with E-state index in [4.69, 9.17) is 9.47 Å². The van der Waals surface area contributed by atoms with Gasteiger partial charge in [0, 0.05) is 43.0 Å². The van der Waals surface area contributed by atoms with Gasteiger partial charge in [0.1, 0.15) is 16.7 Å². The first-order valence-electron chi connectivity index (χ1n) is 14.2. The van der Waals surface area contributed by atoms with Gasteiger partial charge >= 0.3 is 12.2 Å². The summed E-state index contributed by atoms with van der Waals surface area (Å²) in [6, 6.07) is 7.00. The fraction of sp³-hybridized carbons (Fsp3) is 0.469. The first-order valence-corrected chi connectivity index (χ1v) is 14.2. The van der Waals surface area contributed by atoms with Crippen LogP contribution in [0.4, 0.5) is 14.0 Å². The molecule has 0 fully saturated rings. The van der Waals surface area contributed by atoms with Crippen LogP contribution in [-0.4, -0.2) is 74.2 Å². The van der Waals surface area contributed by atoms with Crippen molar-refractivity contribution < 1.29 is 28.2 Å². The summed E-state index contributed by atoms with van der Waals surface area (Å²) in [6.07, 6.45) is 1.26. The molecule has 0 radical (unpaired) electrons. The minimum atomic E-state index is -0.789. The van der Waals surface area contributed by atoms with Crippen molar-refractivity contribution in [2.24, 2.45) is 0 Å².